The van der Waals surface area contributed by atoms with Crippen LogP contribution in [0.4, 0.5) is 11.6 Å². The molecule has 0 radical (unpaired) electrons. The number of carbonyl (C=O) groups is 1. The van der Waals surface area contributed by atoms with Crippen LogP contribution in [0.15, 0.2) is 18.2 Å². The number of anilines is 2. The van der Waals surface area contributed by atoms with Gasteiger partial charge in [0.1, 0.15) is 0 Å². The molecule has 1 unspecified atom stereocenters. The van der Waals surface area contributed by atoms with E-state index in [4.69, 9.17) is 11.5 Å². The average molecular weight is 259 g/mol. The Morgan fingerprint density at radius 1 is 1.47 bits per heavy atom. The van der Waals surface area contributed by atoms with Gasteiger partial charge in [-0.25, -0.2) is 4.98 Å². The van der Waals surface area contributed by atoms with Crippen molar-refractivity contribution < 1.29 is 4.79 Å². The first-order chi connectivity index (χ1) is 9.13. The third kappa shape index (κ3) is 2.21. The second kappa shape index (κ2) is 4.46. The molecule has 1 fully saturated rings. The van der Waals surface area contributed by atoms with Gasteiger partial charge in [0.2, 0.25) is 11.9 Å². The summed E-state index contributed by atoms with van der Waals surface area (Å²) in [4.78, 5) is 21.2. The van der Waals surface area contributed by atoms with Gasteiger partial charge in [0.15, 0.2) is 0 Å². The van der Waals surface area contributed by atoms with Crippen molar-refractivity contribution in [1.82, 2.24) is 9.97 Å². The molecule has 0 saturated carbocycles. The van der Waals surface area contributed by atoms with Crippen molar-refractivity contribution in [2.75, 3.05) is 23.7 Å². The van der Waals surface area contributed by atoms with Crippen LogP contribution in [0.1, 0.15) is 12.8 Å². The fraction of sp³-hybridized carbons (Fsp3) is 0.385. The van der Waals surface area contributed by atoms with Crippen LogP contribution >= 0.6 is 0 Å². The molecule has 5 N–H and O–H groups in total. The number of primary amides is 1. The lowest BCUT2D eigenvalue weighted by Crippen LogP contribution is -2.41. The number of hydrogen-bond donors (Lipinski definition) is 3. The number of nitrogens with zero attached hydrogens (tertiary/aromatic N) is 2. The third-order valence-electron chi connectivity index (χ3n) is 3.62. The molecule has 3 rings (SSSR count). The van der Waals surface area contributed by atoms with E-state index < -0.39 is 0 Å². The zero-order chi connectivity index (χ0) is 13.4. The Bertz CT molecular complexity index is 621. The van der Waals surface area contributed by atoms with Crippen LogP contribution in [0, 0.1) is 5.92 Å². The molecule has 2 aromatic rings. The summed E-state index contributed by atoms with van der Waals surface area (Å²) in [6, 6.07) is 5.58. The van der Waals surface area contributed by atoms with Crippen LogP contribution in [0.5, 0.6) is 0 Å². The van der Waals surface area contributed by atoms with Crippen LogP contribution in [0.25, 0.3) is 11.0 Å². The fourth-order valence-corrected chi connectivity index (χ4v) is 2.57. The largest absolute Gasteiger partial charge is 0.399 e. The molecule has 1 atom stereocenters. The molecule has 1 aliphatic heterocycles. The highest BCUT2D eigenvalue weighted by Crippen LogP contribution is 2.24. The van der Waals surface area contributed by atoms with E-state index in [1.165, 1.54) is 0 Å². The lowest BCUT2D eigenvalue weighted by Gasteiger charge is -2.30. The van der Waals surface area contributed by atoms with E-state index in [-0.39, 0.29) is 11.8 Å². The maximum Gasteiger partial charge on any atom is 0.222 e. The summed E-state index contributed by atoms with van der Waals surface area (Å²) in [7, 11) is 0. The van der Waals surface area contributed by atoms with Crippen LogP contribution in [0.3, 0.4) is 0 Å². The Hall–Kier alpha value is -2.24. The van der Waals surface area contributed by atoms with Crippen LogP contribution in [0.2, 0.25) is 0 Å². The standard InChI is InChI=1S/C13H17N5O/c14-9-3-4-10-11(6-9)17-13(16-10)18-5-1-2-8(7-18)12(15)19/h3-4,6,8H,1-2,5,7,14H2,(H2,15,19)(H,16,17). The van der Waals surface area contributed by atoms with Gasteiger partial charge in [0.25, 0.3) is 0 Å². The van der Waals surface area contributed by atoms with Gasteiger partial charge in [-0.2, -0.15) is 0 Å². The number of amides is 1. The number of H-pyrrole nitrogens is 1. The molecule has 1 aromatic heterocycles. The summed E-state index contributed by atoms with van der Waals surface area (Å²) in [5, 5.41) is 0. The normalized spacial score (nSPS) is 19.8. The van der Waals surface area contributed by atoms with E-state index in [1.54, 1.807) is 0 Å². The zero-order valence-corrected chi connectivity index (χ0v) is 10.6. The zero-order valence-electron chi connectivity index (χ0n) is 10.6. The van der Waals surface area contributed by atoms with E-state index in [1.807, 2.05) is 18.2 Å². The maximum atomic E-state index is 11.3. The minimum atomic E-state index is -0.231. The molecule has 1 aliphatic rings. The highest BCUT2D eigenvalue weighted by molar-refractivity contribution is 5.81. The Labute approximate surface area is 110 Å². The summed E-state index contributed by atoms with van der Waals surface area (Å²) in [6.45, 7) is 1.52. The van der Waals surface area contributed by atoms with Crippen molar-refractivity contribution in [3.05, 3.63) is 18.2 Å². The Morgan fingerprint density at radius 2 is 2.32 bits per heavy atom. The highest BCUT2D eigenvalue weighted by atomic mass is 16.1. The predicted octanol–water partition coefficient (Wildman–Crippen LogP) is 0.847. The Kier molecular flexibility index (Phi) is 2.77. The van der Waals surface area contributed by atoms with Crippen LogP contribution in [-0.2, 0) is 4.79 Å². The van der Waals surface area contributed by atoms with Gasteiger partial charge >= 0.3 is 0 Å². The molecule has 2 heterocycles. The Morgan fingerprint density at radius 3 is 3.11 bits per heavy atom. The topological polar surface area (TPSA) is 101 Å². The van der Waals surface area contributed by atoms with E-state index in [0.29, 0.717) is 12.2 Å². The number of nitrogens with one attached hydrogen (secondary N) is 1. The van der Waals surface area contributed by atoms with Gasteiger partial charge in [-0.1, -0.05) is 0 Å². The van der Waals surface area contributed by atoms with Gasteiger partial charge in [-0.05, 0) is 31.0 Å². The summed E-state index contributed by atoms with van der Waals surface area (Å²) in [6.07, 6.45) is 1.81. The third-order valence-corrected chi connectivity index (χ3v) is 3.62. The smallest absolute Gasteiger partial charge is 0.222 e. The molecule has 19 heavy (non-hydrogen) atoms. The van der Waals surface area contributed by atoms with Crippen LogP contribution < -0.4 is 16.4 Å². The molecular weight excluding hydrogens is 242 g/mol. The van der Waals surface area contributed by atoms with Crippen LogP contribution in [-0.4, -0.2) is 29.0 Å². The first-order valence-corrected chi connectivity index (χ1v) is 6.43. The lowest BCUT2D eigenvalue weighted by atomic mass is 9.98. The molecule has 6 nitrogen and oxygen atoms in total. The van der Waals surface area contributed by atoms with E-state index >= 15 is 0 Å². The molecule has 6 heteroatoms. The Balaban J connectivity index is 1.89. The monoisotopic (exact) mass is 259 g/mol. The van der Waals surface area contributed by atoms with Crippen molar-refractivity contribution in [2.45, 2.75) is 12.8 Å². The number of piperidine rings is 1. The number of benzene rings is 1. The average Bonchev–Trinajstić information content (AvgIpc) is 2.81. The summed E-state index contributed by atoms with van der Waals surface area (Å²) in [5.41, 5.74) is 13.6. The number of nitrogen functional groups attached to an aromatic ring is 1. The van der Waals surface area contributed by atoms with Gasteiger partial charge < -0.3 is 21.4 Å². The van der Waals surface area contributed by atoms with E-state index in [0.717, 1.165) is 36.4 Å². The van der Waals surface area contributed by atoms with Gasteiger partial charge in [0, 0.05) is 18.8 Å². The molecule has 100 valence electrons. The second-order valence-corrected chi connectivity index (χ2v) is 5.02. The van der Waals surface area contributed by atoms with Crippen molar-refractivity contribution in [2.24, 2.45) is 11.7 Å². The maximum absolute atomic E-state index is 11.3. The summed E-state index contributed by atoms with van der Waals surface area (Å²) < 4.78 is 0. The summed E-state index contributed by atoms with van der Waals surface area (Å²) in [5.74, 6) is 0.462. The number of rotatable bonds is 2. The van der Waals surface area contributed by atoms with Gasteiger partial charge in [0.05, 0.1) is 17.0 Å². The molecule has 1 aromatic carbocycles. The quantitative estimate of drug-likeness (QED) is 0.696. The number of nitrogens with two attached hydrogens (primary N) is 2. The first-order valence-electron chi connectivity index (χ1n) is 6.43. The molecule has 1 amide bonds. The van der Waals surface area contributed by atoms with Gasteiger partial charge in [-0.3, -0.25) is 4.79 Å². The van der Waals surface area contributed by atoms with E-state index in [2.05, 4.69) is 14.9 Å². The SMILES string of the molecule is NC(=O)C1CCCN(c2nc3ccc(N)cc3[nH]2)C1. The molecule has 0 bridgehead atoms. The lowest BCUT2D eigenvalue weighted by molar-refractivity contribution is -0.122. The number of fused-ring (bicyclic) bond motifs is 1. The van der Waals surface area contributed by atoms with Crippen molar-refractivity contribution in [3.63, 3.8) is 0 Å². The molecular formula is C13H17N5O. The fourth-order valence-electron chi connectivity index (χ4n) is 2.57. The number of imidazole rings is 1. The molecule has 0 spiro atoms. The molecule has 0 aliphatic carbocycles. The van der Waals surface area contributed by atoms with E-state index in [9.17, 15) is 4.79 Å². The molecule has 1 saturated heterocycles. The minimum absolute atomic E-state index is 0.0907. The predicted molar refractivity (Wildman–Crippen MR) is 74.6 cm³/mol. The summed E-state index contributed by atoms with van der Waals surface area (Å²) >= 11 is 0. The first kappa shape index (κ1) is 11.8. The minimum Gasteiger partial charge on any atom is -0.399 e. The number of carbonyl (C=O) groups excluding carboxylic acids is 1. The number of hydrogen-bond acceptors (Lipinski definition) is 4. The van der Waals surface area contributed by atoms with Crippen molar-refractivity contribution >= 4 is 28.6 Å². The number of aromatic amines is 1. The van der Waals surface area contributed by atoms with Crippen molar-refractivity contribution in [3.8, 4) is 0 Å². The van der Waals surface area contributed by atoms with Gasteiger partial charge in [-0.15, -0.1) is 0 Å². The highest BCUT2D eigenvalue weighted by Gasteiger charge is 2.25. The number of aromatic nitrogens is 2. The second-order valence-electron chi connectivity index (χ2n) is 5.02. The van der Waals surface area contributed by atoms with Crippen molar-refractivity contribution in [1.29, 1.82) is 0 Å².